The van der Waals surface area contributed by atoms with Gasteiger partial charge in [-0.2, -0.15) is 4.31 Å². The smallest absolute Gasteiger partial charge is 0.243 e. The monoisotopic (exact) mass is 438 g/mol. The average molecular weight is 439 g/mol. The first kappa shape index (κ1) is 23.7. The number of hydrogen-bond acceptors (Lipinski definition) is 4. The van der Waals surface area contributed by atoms with Crippen LogP contribution in [0.1, 0.15) is 37.3 Å². The maximum atomic E-state index is 13.0. The van der Waals surface area contributed by atoms with Gasteiger partial charge in [0.15, 0.2) is 0 Å². The molecule has 2 aromatic carbocycles. The van der Waals surface area contributed by atoms with Crippen molar-refractivity contribution in [3.63, 3.8) is 0 Å². The van der Waals surface area contributed by atoms with Crippen LogP contribution in [0.2, 0.25) is 0 Å². The molecule has 1 aliphatic rings. The van der Waals surface area contributed by atoms with E-state index in [1.807, 2.05) is 30.3 Å². The van der Waals surface area contributed by atoms with Crippen LogP contribution in [0, 0.1) is 0 Å². The van der Waals surface area contributed by atoms with Crippen LogP contribution in [-0.4, -0.2) is 50.9 Å². The summed E-state index contributed by atoms with van der Waals surface area (Å²) >= 11 is 0. The van der Waals surface area contributed by atoms with Crippen molar-refractivity contribution in [2.24, 2.45) is 0 Å². The van der Waals surface area contributed by atoms with Crippen LogP contribution in [0.25, 0.3) is 0 Å². The normalized spacial score (nSPS) is 16.8. The Morgan fingerprint density at radius 2 is 1.69 bits per heavy atom. The molecule has 0 saturated carbocycles. The molecule has 0 radical (unpaired) electrons. The molecule has 0 spiro atoms. The Kier molecular flexibility index (Phi) is 8.52. The highest BCUT2D eigenvalue weighted by Crippen LogP contribution is 2.23. The fourth-order valence-corrected chi connectivity index (χ4v) is 4.93. The van der Waals surface area contributed by atoms with Gasteiger partial charge >= 0.3 is 0 Å². The van der Waals surface area contributed by atoms with Gasteiger partial charge in [0.1, 0.15) is 5.75 Å². The summed E-state index contributed by atoms with van der Waals surface area (Å²) in [6, 6.07) is 15.4. The first-order valence-electron chi connectivity index (χ1n) is 9.89. The molecular weight excluding hydrogens is 408 g/mol. The molecule has 1 heterocycles. The first-order valence-corrected chi connectivity index (χ1v) is 11.3. The number of hydrogen-bond donors (Lipinski definition) is 0. The van der Waals surface area contributed by atoms with E-state index in [2.05, 4.69) is 24.8 Å². The zero-order chi connectivity index (χ0) is 20.1. The number of halogens is 1. The number of rotatable bonds is 7. The van der Waals surface area contributed by atoms with Crippen LogP contribution in [0.3, 0.4) is 0 Å². The zero-order valence-electron chi connectivity index (χ0n) is 17.4. The van der Waals surface area contributed by atoms with Gasteiger partial charge in [0.2, 0.25) is 10.0 Å². The number of sulfonamides is 1. The Morgan fingerprint density at radius 3 is 2.28 bits per heavy atom. The lowest BCUT2D eigenvalue weighted by molar-refractivity contribution is 0.181. The summed E-state index contributed by atoms with van der Waals surface area (Å²) in [5.41, 5.74) is 2.36. The summed E-state index contributed by atoms with van der Waals surface area (Å²) in [6.45, 7) is 7.57. The lowest BCUT2D eigenvalue weighted by Crippen LogP contribution is -2.48. The topological polar surface area (TPSA) is 49.9 Å². The van der Waals surface area contributed by atoms with E-state index < -0.39 is 10.0 Å². The van der Waals surface area contributed by atoms with Crippen molar-refractivity contribution >= 4 is 22.4 Å². The molecule has 7 heteroatoms. The Hall–Kier alpha value is -1.60. The van der Waals surface area contributed by atoms with Crippen molar-refractivity contribution in [1.29, 1.82) is 0 Å². The summed E-state index contributed by atoms with van der Waals surface area (Å²) in [6.07, 6.45) is 1.04. The van der Waals surface area contributed by atoms with Crippen molar-refractivity contribution in [3.05, 3.63) is 59.7 Å². The van der Waals surface area contributed by atoms with E-state index in [1.54, 1.807) is 23.5 Å². The molecule has 1 atom stereocenters. The minimum Gasteiger partial charge on any atom is -0.497 e. The summed E-state index contributed by atoms with van der Waals surface area (Å²) in [5.74, 6) is 1.29. The maximum Gasteiger partial charge on any atom is 0.243 e. The molecule has 0 aromatic heterocycles. The third-order valence-corrected chi connectivity index (χ3v) is 7.48. The van der Waals surface area contributed by atoms with Crippen LogP contribution in [0.5, 0.6) is 5.75 Å². The number of benzene rings is 2. The first-order chi connectivity index (χ1) is 13.4. The van der Waals surface area contributed by atoms with Gasteiger partial charge in [-0.25, -0.2) is 8.42 Å². The lowest BCUT2D eigenvalue weighted by Gasteiger charge is -2.34. The van der Waals surface area contributed by atoms with Gasteiger partial charge in [0.25, 0.3) is 0 Å². The Morgan fingerprint density at radius 1 is 1.03 bits per heavy atom. The second kappa shape index (κ2) is 10.4. The van der Waals surface area contributed by atoms with Gasteiger partial charge in [0, 0.05) is 32.7 Å². The van der Waals surface area contributed by atoms with Crippen LogP contribution < -0.4 is 4.74 Å². The molecule has 0 amide bonds. The summed E-state index contributed by atoms with van der Waals surface area (Å²) in [5, 5.41) is 0. The summed E-state index contributed by atoms with van der Waals surface area (Å²) in [7, 11) is -1.77. The number of piperazine rings is 1. The Labute approximate surface area is 181 Å². The van der Waals surface area contributed by atoms with E-state index >= 15 is 0 Å². The molecule has 1 fully saturated rings. The molecule has 1 unspecified atom stereocenters. The fraction of sp³-hybridized carbons (Fsp3) is 0.455. The summed E-state index contributed by atoms with van der Waals surface area (Å²) in [4.78, 5) is 2.67. The molecule has 0 aliphatic carbocycles. The molecule has 0 bridgehead atoms. The van der Waals surface area contributed by atoms with E-state index in [4.69, 9.17) is 4.74 Å². The molecule has 5 nitrogen and oxygen atoms in total. The highest BCUT2D eigenvalue weighted by Gasteiger charge is 2.28. The molecule has 2 aromatic rings. The third-order valence-electron chi connectivity index (χ3n) is 5.57. The minimum absolute atomic E-state index is 0. The second-order valence-corrected chi connectivity index (χ2v) is 9.35. The third kappa shape index (κ3) is 5.72. The molecule has 160 valence electrons. The quantitative estimate of drug-likeness (QED) is 0.652. The van der Waals surface area contributed by atoms with E-state index in [1.165, 1.54) is 11.1 Å². The van der Waals surface area contributed by atoms with Crippen LogP contribution in [0.4, 0.5) is 0 Å². The van der Waals surface area contributed by atoms with Gasteiger partial charge in [-0.15, -0.1) is 12.4 Å². The van der Waals surface area contributed by atoms with Crippen LogP contribution in [0.15, 0.2) is 53.4 Å². The van der Waals surface area contributed by atoms with Gasteiger partial charge in [-0.3, -0.25) is 4.90 Å². The molecule has 1 saturated heterocycles. The lowest BCUT2D eigenvalue weighted by atomic mass is 9.99. The molecule has 3 rings (SSSR count). The highest BCUT2D eigenvalue weighted by atomic mass is 35.5. The standard InChI is InChI=1S/C22H30N2O3S.ClH/c1-4-18(2)20-8-10-22(11-9-20)28(25,26)24-14-12-23(13-15-24)17-19-6-5-7-21(16-19)27-3;/h5-11,16,18H,4,12-15,17H2,1-3H3;1H. The predicted molar refractivity (Wildman–Crippen MR) is 119 cm³/mol. The van der Waals surface area contributed by atoms with E-state index in [-0.39, 0.29) is 12.4 Å². The largest absolute Gasteiger partial charge is 0.497 e. The van der Waals surface area contributed by atoms with Crippen molar-refractivity contribution in [2.45, 2.75) is 37.6 Å². The molecule has 29 heavy (non-hydrogen) atoms. The van der Waals surface area contributed by atoms with Crippen LogP contribution in [-0.2, 0) is 16.6 Å². The van der Waals surface area contributed by atoms with Crippen molar-refractivity contribution < 1.29 is 13.2 Å². The van der Waals surface area contributed by atoms with Crippen molar-refractivity contribution in [3.8, 4) is 5.75 Å². The van der Waals surface area contributed by atoms with Crippen LogP contribution >= 0.6 is 12.4 Å². The SMILES string of the molecule is CCC(C)c1ccc(S(=O)(=O)N2CCN(Cc3cccc(OC)c3)CC2)cc1.Cl. The van der Waals surface area contributed by atoms with Gasteiger partial charge in [-0.05, 0) is 47.7 Å². The van der Waals surface area contributed by atoms with Gasteiger partial charge < -0.3 is 4.74 Å². The minimum atomic E-state index is -3.43. The molecule has 0 N–H and O–H groups in total. The molecular formula is C22H31ClN2O3S. The Bertz CT molecular complexity index is 879. The van der Waals surface area contributed by atoms with E-state index in [9.17, 15) is 8.42 Å². The second-order valence-electron chi connectivity index (χ2n) is 7.41. The fourth-order valence-electron chi connectivity index (χ4n) is 3.51. The highest BCUT2D eigenvalue weighted by molar-refractivity contribution is 7.89. The maximum absolute atomic E-state index is 13.0. The van der Waals surface area contributed by atoms with Gasteiger partial charge in [0.05, 0.1) is 12.0 Å². The van der Waals surface area contributed by atoms with Crippen molar-refractivity contribution in [2.75, 3.05) is 33.3 Å². The average Bonchev–Trinajstić information content (AvgIpc) is 2.74. The predicted octanol–water partition coefficient (Wildman–Crippen LogP) is 4.14. The van der Waals surface area contributed by atoms with Gasteiger partial charge in [-0.1, -0.05) is 38.1 Å². The molecule has 1 aliphatic heterocycles. The summed E-state index contributed by atoms with van der Waals surface area (Å²) < 4.78 is 32.8. The van der Waals surface area contributed by atoms with Crippen molar-refractivity contribution in [1.82, 2.24) is 9.21 Å². The van der Waals surface area contributed by atoms with E-state index in [0.29, 0.717) is 23.9 Å². The van der Waals surface area contributed by atoms with E-state index in [0.717, 1.165) is 31.8 Å². The zero-order valence-corrected chi connectivity index (χ0v) is 19.0. The number of nitrogens with zero attached hydrogens (tertiary/aromatic N) is 2. The Balaban J connectivity index is 0.00000300. The number of methoxy groups -OCH3 is 1. The number of ether oxygens (including phenoxy) is 1.